The van der Waals surface area contributed by atoms with Gasteiger partial charge in [-0.05, 0) is 24.0 Å². The Balaban J connectivity index is 2.16. The zero-order valence-electron chi connectivity index (χ0n) is 6.99. The largest absolute Gasteiger partial charge is 0.146 e. The van der Waals surface area contributed by atoms with Crippen molar-refractivity contribution in [2.45, 2.75) is 29.8 Å². The van der Waals surface area contributed by atoms with E-state index in [-0.39, 0.29) is 0 Å². The summed E-state index contributed by atoms with van der Waals surface area (Å²) in [5.41, 5.74) is 3.26. The predicted molar refractivity (Wildman–Crippen MR) is 53.4 cm³/mol. The first-order chi connectivity index (χ1) is 5.95. The van der Waals surface area contributed by atoms with Crippen LogP contribution in [0.3, 0.4) is 0 Å². The summed E-state index contributed by atoms with van der Waals surface area (Å²) in [6, 6.07) is 9.00. The molecular weight excluding hydrogens is 164 g/mol. The zero-order valence-corrected chi connectivity index (χ0v) is 7.81. The maximum atomic E-state index is 2.32. The van der Waals surface area contributed by atoms with Crippen LogP contribution in [-0.2, 0) is 0 Å². The molecule has 0 amide bonds. The first kappa shape index (κ1) is 7.02. The highest BCUT2D eigenvalue weighted by molar-refractivity contribution is 8.00. The van der Waals surface area contributed by atoms with Crippen molar-refractivity contribution in [3.63, 3.8) is 0 Å². The standard InChI is InChI=1S/C11H12S/c1-2-5-9-8(4-1)10-6-3-7-11(9)12-10/h1-2,4-5,10-11H,3,6-7H2. The lowest BCUT2D eigenvalue weighted by atomic mass is 10.0. The van der Waals surface area contributed by atoms with Crippen molar-refractivity contribution < 1.29 is 0 Å². The molecule has 2 heterocycles. The summed E-state index contributed by atoms with van der Waals surface area (Å²) in [4.78, 5) is 0. The van der Waals surface area contributed by atoms with Crippen molar-refractivity contribution in [3.05, 3.63) is 35.4 Å². The molecule has 0 saturated carbocycles. The van der Waals surface area contributed by atoms with Gasteiger partial charge in [0, 0.05) is 10.5 Å². The number of rotatable bonds is 0. The first-order valence-electron chi connectivity index (χ1n) is 4.69. The summed E-state index contributed by atoms with van der Waals surface area (Å²) in [5.74, 6) is 0. The minimum Gasteiger partial charge on any atom is -0.146 e. The van der Waals surface area contributed by atoms with E-state index < -0.39 is 0 Å². The van der Waals surface area contributed by atoms with Crippen LogP contribution in [0.5, 0.6) is 0 Å². The van der Waals surface area contributed by atoms with E-state index in [9.17, 15) is 0 Å². The normalized spacial score (nSPS) is 31.7. The van der Waals surface area contributed by atoms with E-state index in [0.29, 0.717) is 0 Å². The highest BCUT2D eigenvalue weighted by atomic mass is 32.2. The minimum absolute atomic E-state index is 0.833. The van der Waals surface area contributed by atoms with Crippen LogP contribution in [0.4, 0.5) is 0 Å². The lowest BCUT2D eigenvalue weighted by Gasteiger charge is -2.17. The average Bonchev–Trinajstić information content (AvgIpc) is 2.41. The number of hydrogen-bond acceptors (Lipinski definition) is 1. The van der Waals surface area contributed by atoms with Gasteiger partial charge in [0.1, 0.15) is 0 Å². The fourth-order valence-electron chi connectivity index (χ4n) is 2.38. The van der Waals surface area contributed by atoms with Crippen LogP contribution in [0.15, 0.2) is 24.3 Å². The Morgan fingerprint density at radius 1 is 1.00 bits per heavy atom. The van der Waals surface area contributed by atoms with Crippen LogP contribution < -0.4 is 0 Å². The van der Waals surface area contributed by atoms with E-state index in [0.717, 1.165) is 10.5 Å². The van der Waals surface area contributed by atoms with Crippen LogP contribution in [0.1, 0.15) is 40.9 Å². The number of hydrogen-bond donors (Lipinski definition) is 0. The molecule has 0 radical (unpaired) electrons. The third kappa shape index (κ3) is 0.861. The van der Waals surface area contributed by atoms with Crippen molar-refractivity contribution in [3.8, 4) is 0 Å². The van der Waals surface area contributed by atoms with Crippen molar-refractivity contribution >= 4 is 11.8 Å². The molecule has 0 nitrogen and oxygen atoms in total. The van der Waals surface area contributed by atoms with E-state index in [4.69, 9.17) is 0 Å². The molecule has 12 heavy (non-hydrogen) atoms. The van der Waals surface area contributed by atoms with Gasteiger partial charge in [-0.1, -0.05) is 30.7 Å². The van der Waals surface area contributed by atoms with Gasteiger partial charge in [-0.2, -0.15) is 0 Å². The molecule has 1 heteroatoms. The molecule has 2 bridgehead atoms. The SMILES string of the molecule is c1ccc2c(c1)C1CCCC2S1. The quantitative estimate of drug-likeness (QED) is 0.581. The molecule has 1 saturated heterocycles. The molecular formula is C11H12S. The molecule has 1 aromatic carbocycles. The third-order valence-corrected chi connectivity index (χ3v) is 4.59. The van der Waals surface area contributed by atoms with Gasteiger partial charge in [0.2, 0.25) is 0 Å². The van der Waals surface area contributed by atoms with Gasteiger partial charge in [0.05, 0.1) is 0 Å². The molecule has 3 rings (SSSR count). The van der Waals surface area contributed by atoms with Crippen molar-refractivity contribution in [1.82, 2.24) is 0 Å². The Hall–Kier alpha value is -0.430. The highest BCUT2D eigenvalue weighted by Gasteiger charge is 2.33. The van der Waals surface area contributed by atoms with Crippen LogP contribution in [-0.4, -0.2) is 0 Å². The number of thioether (sulfide) groups is 1. The summed E-state index contributed by atoms with van der Waals surface area (Å²) in [6.07, 6.45) is 4.23. The van der Waals surface area contributed by atoms with Gasteiger partial charge >= 0.3 is 0 Å². The maximum absolute atomic E-state index is 2.32. The Bertz CT molecular complexity index is 277. The Labute approximate surface area is 77.4 Å². The predicted octanol–water partition coefficient (Wildman–Crippen LogP) is 3.70. The second kappa shape index (κ2) is 2.53. The number of fused-ring (bicyclic) bond motifs is 5. The van der Waals surface area contributed by atoms with Gasteiger partial charge in [-0.15, -0.1) is 11.8 Å². The van der Waals surface area contributed by atoms with E-state index in [1.54, 1.807) is 11.1 Å². The monoisotopic (exact) mass is 176 g/mol. The molecule has 2 atom stereocenters. The summed E-state index contributed by atoms with van der Waals surface area (Å²) >= 11 is 2.18. The second-order valence-electron chi connectivity index (χ2n) is 3.67. The molecule has 0 spiro atoms. The Morgan fingerprint density at radius 2 is 1.58 bits per heavy atom. The third-order valence-electron chi connectivity index (χ3n) is 2.95. The van der Waals surface area contributed by atoms with Gasteiger partial charge in [0.15, 0.2) is 0 Å². The van der Waals surface area contributed by atoms with Crippen LogP contribution in [0.25, 0.3) is 0 Å². The molecule has 0 aromatic heterocycles. The Morgan fingerprint density at radius 3 is 2.17 bits per heavy atom. The van der Waals surface area contributed by atoms with Gasteiger partial charge in [-0.3, -0.25) is 0 Å². The van der Waals surface area contributed by atoms with E-state index >= 15 is 0 Å². The van der Waals surface area contributed by atoms with Crippen LogP contribution >= 0.6 is 11.8 Å². The summed E-state index contributed by atoms with van der Waals surface area (Å²) in [6.45, 7) is 0. The molecule has 1 fully saturated rings. The smallest absolute Gasteiger partial charge is 0.0306 e. The molecule has 0 aliphatic carbocycles. The zero-order chi connectivity index (χ0) is 7.97. The molecule has 2 aliphatic heterocycles. The molecule has 0 N–H and O–H groups in total. The summed E-state index contributed by atoms with van der Waals surface area (Å²) < 4.78 is 0. The summed E-state index contributed by atoms with van der Waals surface area (Å²) in [7, 11) is 0. The van der Waals surface area contributed by atoms with Crippen molar-refractivity contribution in [1.29, 1.82) is 0 Å². The lowest BCUT2D eigenvalue weighted by molar-refractivity contribution is 0.666. The first-order valence-corrected chi connectivity index (χ1v) is 5.64. The van der Waals surface area contributed by atoms with Crippen LogP contribution in [0.2, 0.25) is 0 Å². The van der Waals surface area contributed by atoms with Gasteiger partial charge in [0.25, 0.3) is 0 Å². The number of benzene rings is 1. The minimum atomic E-state index is 0.833. The molecule has 2 unspecified atom stereocenters. The van der Waals surface area contributed by atoms with Crippen molar-refractivity contribution in [2.24, 2.45) is 0 Å². The average molecular weight is 176 g/mol. The highest BCUT2D eigenvalue weighted by Crippen LogP contribution is 2.57. The van der Waals surface area contributed by atoms with Crippen LogP contribution in [0, 0.1) is 0 Å². The molecule has 1 aromatic rings. The fraction of sp³-hybridized carbons (Fsp3) is 0.455. The fourth-order valence-corrected chi connectivity index (χ4v) is 4.10. The van der Waals surface area contributed by atoms with E-state index in [1.165, 1.54) is 19.3 Å². The molecule has 62 valence electrons. The topological polar surface area (TPSA) is 0 Å². The van der Waals surface area contributed by atoms with Crippen molar-refractivity contribution in [2.75, 3.05) is 0 Å². The summed E-state index contributed by atoms with van der Waals surface area (Å²) in [5, 5.41) is 1.67. The second-order valence-corrected chi connectivity index (χ2v) is 5.08. The van der Waals surface area contributed by atoms with Gasteiger partial charge < -0.3 is 0 Å². The molecule has 2 aliphatic rings. The van der Waals surface area contributed by atoms with E-state index in [2.05, 4.69) is 36.0 Å². The Kier molecular flexibility index (Phi) is 1.48. The van der Waals surface area contributed by atoms with Gasteiger partial charge in [-0.25, -0.2) is 0 Å². The maximum Gasteiger partial charge on any atom is 0.0306 e. The lowest BCUT2D eigenvalue weighted by Crippen LogP contribution is -1.94. The van der Waals surface area contributed by atoms with E-state index in [1.807, 2.05) is 0 Å².